The molecule has 36 heavy (non-hydrogen) atoms. The van der Waals surface area contributed by atoms with E-state index >= 15 is 0 Å². The van der Waals surface area contributed by atoms with Crippen molar-refractivity contribution in [2.24, 2.45) is 17.8 Å². The SMILES string of the molecule is CC(C)CC(C(=O)NCc1ccc(C(=O)N2CC(C)OC(C)C2)cc1)N1C(=O)C2CC=CCC2C1=O. The molecule has 194 valence electrons. The smallest absolute Gasteiger partial charge is 0.254 e. The molecule has 8 heteroatoms. The van der Waals surface area contributed by atoms with Crippen molar-refractivity contribution in [1.29, 1.82) is 0 Å². The number of carbonyl (C=O) groups excluding carboxylic acids is 4. The molecule has 3 aliphatic rings. The van der Waals surface area contributed by atoms with E-state index in [1.807, 2.05) is 56.9 Å². The summed E-state index contributed by atoms with van der Waals surface area (Å²) >= 11 is 0. The van der Waals surface area contributed by atoms with Crippen LogP contribution in [0, 0.1) is 17.8 Å². The fraction of sp³-hybridized carbons (Fsp3) is 0.571. The minimum atomic E-state index is -0.818. The van der Waals surface area contributed by atoms with Crippen LogP contribution in [0.15, 0.2) is 36.4 Å². The molecule has 2 fully saturated rings. The number of rotatable bonds is 7. The van der Waals surface area contributed by atoms with Gasteiger partial charge >= 0.3 is 0 Å². The predicted octanol–water partition coefficient (Wildman–Crippen LogP) is 2.92. The molecule has 0 spiro atoms. The summed E-state index contributed by atoms with van der Waals surface area (Å²) in [4.78, 5) is 55.3. The van der Waals surface area contributed by atoms with E-state index in [9.17, 15) is 19.2 Å². The topological polar surface area (TPSA) is 96.0 Å². The number of morpholine rings is 1. The number of amides is 4. The fourth-order valence-corrected chi connectivity index (χ4v) is 5.51. The zero-order valence-electron chi connectivity index (χ0n) is 21.6. The molecule has 1 N–H and O–H groups in total. The maximum Gasteiger partial charge on any atom is 0.254 e. The van der Waals surface area contributed by atoms with Crippen LogP contribution in [-0.2, 0) is 25.7 Å². The van der Waals surface area contributed by atoms with Crippen molar-refractivity contribution in [3.8, 4) is 0 Å². The summed E-state index contributed by atoms with van der Waals surface area (Å²) in [5, 5.41) is 2.91. The summed E-state index contributed by atoms with van der Waals surface area (Å²) in [6, 6.07) is 6.37. The van der Waals surface area contributed by atoms with Crippen LogP contribution in [0.1, 0.15) is 62.9 Å². The molecule has 1 aromatic carbocycles. The molecular formula is C28H37N3O5. The highest BCUT2D eigenvalue weighted by atomic mass is 16.5. The lowest BCUT2D eigenvalue weighted by Crippen LogP contribution is -2.50. The Bertz CT molecular complexity index is 998. The van der Waals surface area contributed by atoms with Crippen molar-refractivity contribution in [3.63, 3.8) is 0 Å². The normalized spacial score (nSPS) is 26.8. The van der Waals surface area contributed by atoms with Crippen molar-refractivity contribution in [3.05, 3.63) is 47.5 Å². The van der Waals surface area contributed by atoms with Crippen LogP contribution in [0.5, 0.6) is 0 Å². The van der Waals surface area contributed by atoms with Gasteiger partial charge in [0.1, 0.15) is 6.04 Å². The highest BCUT2D eigenvalue weighted by Crippen LogP contribution is 2.37. The van der Waals surface area contributed by atoms with Crippen molar-refractivity contribution in [2.45, 2.75) is 71.8 Å². The molecular weight excluding hydrogens is 458 g/mol. The van der Waals surface area contributed by atoms with E-state index in [0.29, 0.717) is 37.9 Å². The van der Waals surface area contributed by atoms with Gasteiger partial charge in [0.25, 0.3) is 5.91 Å². The third kappa shape index (κ3) is 5.53. The first-order chi connectivity index (χ1) is 17.2. The van der Waals surface area contributed by atoms with Crippen LogP contribution in [0.2, 0.25) is 0 Å². The second-order valence-corrected chi connectivity index (χ2v) is 10.7. The second-order valence-electron chi connectivity index (χ2n) is 10.7. The standard InChI is InChI=1S/C28H37N3O5/c1-17(2)13-24(31-27(34)22-7-5-6-8-23(22)28(31)35)25(32)29-14-20-9-11-21(12-10-20)26(33)30-15-18(3)36-19(4)16-30/h5-6,9-12,17-19,22-24H,7-8,13-16H2,1-4H3,(H,29,32). The van der Waals surface area contributed by atoms with Gasteiger partial charge in [-0.25, -0.2) is 0 Å². The first-order valence-corrected chi connectivity index (χ1v) is 13.0. The average Bonchev–Trinajstić information content (AvgIpc) is 3.10. The number of hydrogen-bond acceptors (Lipinski definition) is 5. The number of nitrogens with zero attached hydrogens (tertiary/aromatic N) is 2. The van der Waals surface area contributed by atoms with Crippen LogP contribution in [-0.4, -0.2) is 64.8 Å². The molecule has 0 aromatic heterocycles. The Kier molecular flexibility index (Phi) is 7.93. The van der Waals surface area contributed by atoms with Crippen molar-refractivity contribution >= 4 is 23.6 Å². The molecule has 8 nitrogen and oxygen atoms in total. The minimum Gasteiger partial charge on any atom is -0.372 e. The molecule has 2 saturated heterocycles. The molecule has 0 saturated carbocycles. The molecule has 5 atom stereocenters. The number of fused-ring (bicyclic) bond motifs is 1. The molecule has 2 heterocycles. The van der Waals surface area contributed by atoms with Crippen LogP contribution in [0.3, 0.4) is 0 Å². The molecule has 5 unspecified atom stereocenters. The summed E-state index contributed by atoms with van der Waals surface area (Å²) < 4.78 is 5.71. The monoisotopic (exact) mass is 495 g/mol. The number of likely N-dealkylation sites (tertiary alicyclic amines) is 1. The Hall–Kier alpha value is -3.00. The van der Waals surface area contributed by atoms with Gasteiger partial charge in [0.2, 0.25) is 17.7 Å². The quantitative estimate of drug-likeness (QED) is 0.464. The van der Waals surface area contributed by atoms with E-state index in [1.54, 1.807) is 12.1 Å². The van der Waals surface area contributed by atoms with Gasteiger partial charge in [-0.15, -0.1) is 0 Å². The minimum absolute atomic E-state index is 0.000511. The third-order valence-corrected chi connectivity index (χ3v) is 7.23. The van der Waals surface area contributed by atoms with Gasteiger partial charge < -0.3 is 15.0 Å². The lowest BCUT2D eigenvalue weighted by Gasteiger charge is -2.35. The van der Waals surface area contributed by atoms with E-state index < -0.39 is 6.04 Å². The molecule has 0 radical (unpaired) electrons. The zero-order valence-corrected chi connectivity index (χ0v) is 21.6. The number of hydrogen-bond donors (Lipinski definition) is 1. The largest absolute Gasteiger partial charge is 0.372 e. The van der Waals surface area contributed by atoms with Gasteiger partial charge in [-0.3, -0.25) is 24.1 Å². The van der Waals surface area contributed by atoms with Gasteiger partial charge in [0.05, 0.1) is 24.0 Å². The lowest BCUT2D eigenvalue weighted by molar-refractivity contribution is -0.148. The summed E-state index contributed by atoms with van der Waals surface area (Å²) in [7, 11) is 0. The Labute approximate surface area is 213 Å². The van der Waals surface area contributed by atoms with E-state index in [4.69, 9.17) is 4.74 Å². The average molecular weight is 496 g/mol. The summed E-state index contributed by atoms with van der Waals surface area (Å²) in [5.41, 5.74) is 1.43. The summed E-state index contributed by atoms with van der Waals surface area (Å²) in [6.07, 6.45) is 5.41. The number of allylic oxidation sites excluding steroid dienone is 2. The molecule has 0 bridgehead atoms. The van der Waals surface area contributed by atoms with Crippen LogP contribution in [0.25, 0.3) is 0 Å². The highest BCUT2D eigenvalue weighted by Gasteiger charge is 2.51. The zero-order chi connectivity index (χ0) is 26.0. The molecule has 1 aliphatic carbocycles. The number of nitrogens with one attached hydrogen (secondary N) is 1. The maximum atomic E-state index is 13.2. The van der Waals surface area contributed by atoms with E-state index in [-0.39, 0.29) is 60.1 Å². The molecule has 4 amide bonds. The van der Waals surface area contributed by atoms with Gasteiger partial charge in [0.15, 0.2) is 0 Å². The van der Waals surface area contributed by atoms with Crippen molar-refractivity contribution < 1.29 is 23.9 Å². The third-order valence-electron chi connectivity index (χ3n) is 7.23. The fourth-order valence-electron chi connectivity index (χ4n) is 5.51. The molecule has 4 rings (SSSR count). The molecule has 2 aliphatic heterocycles. The Morgan fingerprint density at radius 2 is 1.53 bits per heavy atom. The Balaban J connectivity index is 1.39. The van der Waals surface area contributed by atoms with Crippen LogP contribution >= 0.6 is 0 Å². The lowest BCUT2D eigenvalue weighted by atomic mass is 9.85. The van der Waals surface area contributed by atoms with Gasteiger partial charge in [0, 0.05) is 25.2 Å². The van der Waals surface area contributed by atoms with E-state index in [0.717, 1.165) is 5.56 Å². The predicted molar refractivity (Wildman–Crippen MR) is 135 cm³/mol. The van der Waals surface area contributed by atoms with Crippen LogP contribution < -0.4 is 5.32 Å². The highest BCUT2D eigenvalue weighted by molar-refractivity contribution is 6.08. The molecule has 1 aromatic rings. The number of ether oxygens (including phenoxy) is 1. The number of benzene rings is 1. The second kappa shape index (κ2) is 10.9. The first-order valence-electron chi connectivity index (χ1n) is 13.0. The summed E-state index contributed by atoms with van der Waals surface area (Å²) in [5.74, 6) is -1.40. The maximum absolute atomic E-state index is 13.2. The van der Waals surface area contributed by atoms with E-state index in [1.165, 1.54) is 4.90 Å². The van der Waals surface area contributed by atoms with Gasteiger partial charge in [-0.05, 0) is 56.7 Å². The van der Waals surface area contributed by atoms with Gasteiger partial charge in [-0.2, -0.15) is 0 Å². The Morgan fingerprint density at radius 1 is 0.972 bits per heavy atom. The number of imide groups is 1. The van der Waals surface area contributed by atoms with Crippen molar-refractivity contribution in [1.82, 2.24) is 15.1 Å². The Morgan fingerprint density at radius 3 is 2.06 bits per heavy atom. The number of carbonyl (C=O) groups is 4. The summed E-state index contributed by atoms with van der Waals surface area (Å²) in [6.45, 7) is 9.24. The van der Waals surface area contributed by atoms with Crippen molar-refractivity contribution in [2.75, 3.05) is 13.1 Å². The first kappa shape index (κ1) is 26.1. The van der Waals surface area contributed by atoms with Gasteiger partial charge in [-0.1, -0.05) is 38.1 Å². The van der Waals surface area contributed by atoms with Crippen LogP contribution in [0.4, 0.5) is 0 Å². The van der Waals surface area contributed by atoms with E-state index in [2.05, 4.69) is 5.32 Å².